The van der Waals surface area contributed by atoms with Crippen LogP contribution in [0.5, 0.6) is 0 Å². The topological polar surface area (TPSA) is 19.6 Å². The molecule has 0 aliphatic heterocycles. The van der Waals surface area contributed by atoms with Crippen molar-refractivity contribution in [2.75, 3.05) is 9.80 Å². The Morgan fingerprint density at radius 2 is 0.857 bits per heavy atom. The number of fused-ring (bicyclic) bond motifs is 4. The molecule has 0 aliphatic rings. The molecule has 0 saturated heterocycles. The molecule has 0 bridgehead atoms. The lowest BCUT2D eigenvalue weighted by Gasteiger charge is -2.30. The number of benzene rings is 8. The molecule has 1 aromatic heterocycles. The lowest BCUT2D eigenvalue weighted by molar-refractivity contribution is 0.669. The van der Waals surface area contributed by atoms with Crippen molar-refractivity contribution in [2.24, 2.45) is 0 Å². The van der Waals surface area contributed by atoms with Crippen molar-refractivity contribution < 1.29 is 4.42 Å². The summed E-state index contributed by atoms with van der Waals surface area (Å²) in [6.07, 6.45) is 0. The summed E-state index contributed by atoms with van der Waals surface area (Å²) < 4.78 is 7.06. The Morgan fingerprint density at radius 3 is 1.49 bits per heavy atom. The van der Waals surface area contributed by atoms with Crippen LogP contribution in [0.15, 0.2) is 199 Å². The van der Waals surface area contributed by atoms with Gasteiger partial charge >= 0.3 is 0 Å². The van der Waals surface area contributed by atoms with Gasteiger partial charge in [-0.3, -0.25) is 0 Å². The lowest BCUT2D eigenvalue weighted by Crippen LogP contribution is -2.13. The molecular formula is C46H32N2O. The maximum Gasteiger partial charge on any atom is 0.161 e. The van der Waals surface area contributed by atoms with E-state index in [-0.39, 0.29) is 0 Å². The molecule has 0 amide bonds. The highest BCUT2D eigenvalue weighted by molar-refractivity contribution is 6.20. The van der Waals surface area contributed by atoms with Crippen LogP contribution in [0.25, 0.3) is 43.8 Å². The minimum Gasteiger partial charge on any atom is -0.454 e. The standard InChI is InChI=1S/C46H32N2O/c1-5-17-33(18-6-1)39-27-15-16-28-41(39)48(38-25-11-4-12-26-38)43-30-29-42(47(36-21-7-2-8-22-36)37-23-9-3-10-24-37)45-40-31-34-19-13-14-20-35(34)32-44(40)49-46(43)45/h1-32H. The molecule has 9 aromatic rings. The van der Waals surface area contributed by atoms with Crippen LogP contribution in [-0.2, 0) is 0 Å². The lowest BCUT2D eigenvalue weighted by atomic mass is 10.0. The summed E-state index contributed by atoms with van der Waals surface area (Å²) in [7, 11) is 0. The zero-order chi connectivity index (χ0) is 32.6. The van der Waals surface area contributed by atoms with Gasteiger partial charge in [0.2, 0.25) is 0 Å². The van der Waals surface area contributed by atoms with E-state index in [4.69, 9.17) is 4.42 Å². The summed E-state index contributed by atoms with van der Waals surface area (Å²) in [6.45, 7) is 0. The molecule has 8 aromatic carbocycles. The minimum atomic E-state index is 0.825. The monoisotopic (exact) mass is 628 g/mol. The Balaban J connectivity index is 1.39. The summed E-state index contributed by atoms with van der Waals surface area (Å²) in [5, 5.41) is 4.46. The highest BCUT2D eigenvalue weighted by atomic mass is 16.3. The van der Waals surface area contributed by atoms with Crippen molar-refractivity contribution in [1.29, 1.82) is 0 Å². The molecule has 0 unspecified atom stereocenters. The number of furan rings is 1. The van der Waals surface area contributed by atoms with Crippen molar-refractivity contribution in [3.8, 4) is 11.1 Å². The van der Waals surface area contributed by atoms with Gasteiger partial charge in [0.1, 0.15) is 5.58 Å². The number of rotatable bonds is 7. The normalized spacial score (nSPS) is 11.3. The summed E-state index contributed by atoms with van der Waals surface area (Å²) in [5.74, 6) is 0. The average Bonchev–Trinajstić information content (AvgIpc) is 3.55. The highest BCUT2D eigenvalue weighted by Gasteiger charge is 2.26. The van der Waals surface area contributed by atoms with E-state index >= 15 is 0 Å². The van der Waals surface area contributed by atoms with Crippen LogP contribution in [0.2, 0.25) is 0 Å². The van der Waals surface area contributed by atoms with Gasteiger partial charge in [-0.15, -0.1) is 0 Å². The van der Waals surface area contributed by atoms with Crippen molar-refractivity contribution >= 4 is 66.8 Å². The molecule has 0 spiro atoms. The first-order chi connectivity index (χ1) is 24.3. The predicted molar refractivity (Wildman–Crippen MR) is 206 cm³/mol. The summed E-state index contributed by atoms with van der Waals surface area (Å²) >= 11 is 0. The van der Waals surface area contributed by atoms with E-state index in [2.05, 4.69) is 204 Å². The first-order valence-corrected chi connectivity index (χ1v) is 16.6. The van der Waals surface area contributed by atoms with E-state index in [1.165, 1.54) is 5.39 Å². The second kappa shape index (κ2) is 12.2. The van der Waals surface area contributed by atoms with E-state index < -0.39 is 0 Å². The number of nitrogens with zero attached hydrogens (tertiary/aromatic N) is 2. The summed E-state index contributed by atoms with van der Waals surface area (Å²) in [5.41, 5.74) is 10.3. The van der Waals surface area contributed by atoms with Gasteiger partial charge in [-0.05, 0) is 83.1 Å². The minimum absolute atomic E-state index is 0.825. The van der Waals surface area contributed by atoms with E-state index in [1.807, 2.05) is 0 Å². The number of hydrogen-bond donors (Lipinski definition) is 0. The number of para-hydroxylation sites is 4. The van der Waals surface area contributed by atoms with Crippen LogP contribution in [0.3, 0.4) is 0 Å². The van der Waals surface area contributed by atoms with Gasteiger partial charge in [-0.2, -0.15) is 0 Å². The van der Waals surface area contributed by atoms with Crippen LogP contribution in [0.1, 0.15) is 0 Å². The van der Waals surface area contributed by atoms with Crippen LogP contribution >= 0.6 is 0 Å². The molecule has 0 atom stereocenters. The second-order valence-corrected chi connectivity index (χ2v) is 12.2. The van der Waals surface area contributed by atoms with Gasteiger partial charge in [-0.1, -0.05) is 127 Å². The van der Waals surface area contributed by atoms with Gasteiger partial charge in [0.05, 0.1) is 22.4 Å². The molecule has 232 valence electrons. The first kappa shape index (κ1) is 28.6. The third kappa shape index (κ3) is 5.09. The quantitative estimate of drug-likeness (QED) is 0.175. The molecule has 0 fully saturated rings. The van der Waals surface area contributed by atoms with Crippen molar-refractivity contribution in [3.63, 3.8) is 0 Å². The fourth-order valence-electron chi connectivity index (χ4n) is 6.99. The molecular weight excluding hydrogens is 597 g/mol. The molecule has 0 saturated carbocycles. The molecule has 3 heteroatoms. The Labute approximate surface area is 285 Å². The fourth-order valence-corrected chi connectivity index (χ4v) is 6.99. The summed E-state index contributed by atoms with van der Waals surface area (Å²) in [6, 6.07) is 68.4. The Kier molecular flexibility index (Phi) is 7.14. The maximum atomic E-state index is 7.06. The highest BCUT2D eigenvalue weighted by Crippen LogP contribution is 2.50. The third-order valence-electron chi connectivity index (χ3n) is 9.20. The number of hydrogen-bond acceptors (Lipinski definition) is 3. The average molecular weight is 629 g/mol. The van der Waals surface area contributed by atoms with E-state index in [9.17, 15) is 0 Å². The molecule has 1 heterocycles. The van der Waals surface area contributed by atoms with Crippen LogP contribution in [0, 0.1) is 0 Å². The van der Waals surface area contributed by atoms with Crippen LogP contribution in [-0.4, -0.2) is 0 Å². The van der Waals surface area contributed by atoms with Crippen molar-refractivity contribution in [3.05, 3.63) is 194 Å². The SMILES string of the molecule is c1ccc(-c2ccccc2N(c2ccccc2)c2ccc(N(c3ccccc3)c3ccccc3)c3c2oc2cc4ccccc4cc23)cc1. The van der Waals surface area contributed by atoms with Gasteiger partial charge in [0, 0.05) is 28.0 Å². The zero-order valence-electron chi connectivity index (χ0n) is 26.8. The molecule has 0 N–H and O–H groups in total. The predicted octanol–water partition coefficient (Wildman–Crippen LogP) is 13.3. The molecule has 3 nitrogen and oxygen atoms in total. The second-order valence-electron chi connectivity index (χ2n) is 12.2. The van der Waals surface area contributed by atoms with E-state index in [0.29, 0.717) is 0 Å². The van der Waals surface area contributed by atoms with E-state index in [1.54, 1.807) is 0 Å². The maximum absolute atomic E-state index is 7.06. The molecule has 0 aliphatic carbocycles. The third-order valence-corrected chi connectivity index (χ3v) is 9.20. The Bertz CT molecular complexity index is 2500. The Morgan fingerprint density at radius 1 is 0.367 bits per heavy atom. The van der Waals surface area contributed by atoms with Crippen LogP contribution < -0.4 is 9.80 Å². The van der Waals surface area contributed by atoms with Gasteiger partial charge in [-0.25, -0.2) is 0 Å². The molecule has 0 radical (unpaired) electrons. The van der Waals surface area contributed by atoms with Crippen LogP contribution in [0.4, 0.5) is 34.1 Å². The Hall–Kier alpha value is -6.58. The zero-order valence-corrected chi connectivity index (χ0v) is 26.8. The van der Waals surface area contributed by atoms with Crippen molar-refractivity contribution in [2.45, 2.75) is 0 Å². The van der Waals surface area contributed by atoms with Crippen molar-refractivity contribution in [1.82, 2.24) is 0 Å². The molecule has 9 rings (SSSR count). The fraction of sp³-hybridized carbons (Fsp3) is 0. The summed E-state index contributed by atoms with van der Waals surface area (Å²) in [4.78, 5) is 4.67. The van der Waals surface area contributed by atoms with E-state index in [0.717, 1.165) is 72.6 Å². The first-order valence-electron chi connectivity index (χ1n) is 16.6. The van der Waals surface area contributed by atoms with Gasteiger partial charge in [0.25, 0.3) is 0 Å². The number of anilines is 6. The smallest absolute Gasteiger partial charge is 0.161 e. The molecule has 49 heavy (non-hydrogen) atoms. The largest absolute Gasteiger partial charge is 0.454 e. The van der Waals surface area contributed by atoms with Gasteiger partial charge < -0.3 is 14.2 Å². The van der Waals surface area contributed by atoms with Gasteiger partial charge in [0.15, 0.2) is 5.58 Å².